The number of nitrogens with one attached hydrogen (secondary N) is 2. The number of fused-ring (bicyclic) bond motifs is 6. The predicted molar refractivity (Wildman–Crippen MR) is 231 cm³/mol. The Morgan fingerprint density at radius 2 is 1.18 bits per heavy atom. The standard InChI is InChI=1S/C23H25F2N5O4.C19H16F2N4O5.CH2O/c1-3-29-20-13(10-26-22-15(20)8-14(27-22)12-28-4-6-34-7-5-28)11-30(23(29)32)21-18(24)16(31)9-17(33-2)19(21)25;1-3-24-15-8(6-22-17-9(15)4-10(23-17)18(27)28)7-25(19(24)29)16-13(20)11(26)5-12(30-2)14(16)21;1-2/h8-10,31H,3-7,11-12H2,1-2H3,(H,26,27);4-6,26H,3,7H2,1-2H3,(H,22,23)(H,27,28);1H2. The first-order chi connectivity index (χ1) is 31.7. The van der Waals surface area contributed by atoms with Crippen LogP contribution in [-0.2, 0) is 29.2 Å². The second kappa shape index (κ2) is 18.8. The third-order valence-corrected chi connectivity index (χ3v) is 11.2. The zero-order chi connectivity index (χ0) is 47.7. The maximum Gasteiger partial charge on any atom is 0.352 e. The average Bonchev–Trinajstić information content (AvgIpc) is 3.95. The van der Waals surface area contributed by atoms with E-state index in [1.165, 1.54) is 29.2 Å². The molecule has 3 aliphatic rings. The van der Waals surface area contributed by atoms with Gasteiger partial charge in [-0.3, -0.25) is 24.5 Å². The van der Waals surface area contributed by atoms with Crippen LogP contribution in [0.5, 0.6) is 23.0 Å². The number of ether oxygens (including phenoxy) is 3. The molecule has 2 aromatic carbocycles. The average molecular weight is 922 g/mol. The van der Waals surface area contributed by atoms with Crippen LogP contribution >= 0.6 is 0 Å². The second-order valence-electron chi connectivity index (χ2n) is 14.8. The molecule has 6 aromatic rings. The Labute approximate surface area is 372 Å². The number of carbonyl (C=O) groups is 4. The molecular formula is C43H43F4N9O10. The zero-order valence-electron chi connectivity index (χ0n) is 35.9. The third kappa shape index (κ3) is 8.06. The summed E-state index contributed by atoms with van der Waals surface area (Å²) in [5, 5.41) is 30.2. The van der Waals surface area contributed by atoms with Crippen LogP contribution < -0.4 is 29.1 Å². The van der Waals surface area contributed by atoms with E-state index in [4.69, 9.17) is 19.0 Å². The number of aromatic carboxylic acids is 1. The van der Waals surface area contributed by atoms with E-state index in [1.807, 2.05) is 12.9 Å². The minimum atomic E-state index is -1.30. The number of amides is 4. The number of halogens is 4. The molecule has 4 aromatic heterocycles. The summed E-state index contributed by atoms with van der Waals surface area (Å²) in [7, 11) is 2.35. The summed E-state index contributed by atoms with van der Waals surface area (Å²) in [4.78, 5) is 67.4. The molecule has 3 aliphatic heterocycles. The summed E-state index contributed by atoms with van der Waals surface area (Å²) in [5.74, 6) is -8.36. The van der Waals surface area contributed by atoms with Crippen LogP contribution in [0.1, 0.15) is 41.2 Å². The predicted octanol–water partition coefficient (Wildman–Crippen LogP) is 6.39. The maximum atomic E-state index is 15.0. The molecule has 9 rings (SSSR count). The first-order valence-electron chi connectivity index (χ1n) is 20.2. The van der Waals surface area contributed by atoms with Crippen LogP contribution in [-0.4, -0.2) is 119 Å². The Kier molecular flexibility index (Phi) is 13.2. The fourth-order valence-corrected chi connectivity index (χ4v) is 8.17. The molecule has 7 heterocycles. The van der Waals surface area contributed by atoms with E-state index < -0.39 is 69.9 Å². The summed E-state index contributed by atoms with van der Waals surface area (Å²) < 4.78 is 74.5. The molecule has 23 heteroatoms. The molecule has 19 nitrogen and oxygen atoms in total. The Morgan fingerprint density at radius 1 is 0.727 bits per heavy atom. The quantitative estimate of drug-likeness (QED) is 0.0992. The normalized spacial score (nSPS) is 15.0. The number of benzene rings is 2. The largest absolute Gasteiger partial charge is 0.505 e. The Balaban J connectivity index is 0.000000191. The van der Waals surface area contributed by atoms with Crippen molar-refractivity contribution in [3.05, 3.63) is 82.4 Å². The van der Waals surface area contributed by atoms with Gasteiger partial charge in [-0.25, -0.2) is 41.9 Å². The van der Waals surface area contributed by atoms with Crippen LogP contribution in [0.4, 0.5) is 49.9 Å². The summed E-state index contributed by atoms with van der Waals surface area (Å²) in [6, 6.07) is 3.60. The number of phenolic OH excluding ortho intramolecular Hbond substituents is 2. The highest BCUT2D eigenvalue weighted by Gasteiger charge is 2.39. The number of hydrogen-bond acceptors (Lipinski definition) is 12. The van der Waals surface area contributed by atoms with Gasteiger partial charge < -0.3 is 44.3 Å². The highest BCUT2D eigenvalue weighted by molar-refractivity contribution is 6.13. The number of aromatic amines is 2. The van der Waals surface area contributed by atoms with E-state index >= 15 is 4.39 Å². The smallest absolute Gasteiger partial charge is 0.352 e. The number of pyridine rings is 2. The van der Waals surface area contributed by atoms with E-state index in [-0.39, 0.29) is 43.3 Å². The number of morpholine rings is 1. The number of H-pyrrole nitrogens is 2. The fraction of sp³-hybridized carbons (Fsp3) is 0.302. The lowest BCUT2D eigenvalue weighted by molar-refractivity contribution is -0.0980. The minimum absolute atomic E-state index is 0.105. The van der Waals surface area contributed by atoms with Gasteiger partial charge in [0.2, 0.25) is 0 Å². The van der Waals surface area contributed by atoms with Crippen molar-refractivity contribution in [2.24, 2.45) is 0 Å². The SMILES string of the molecule is C=O.CCN1C(=O)N(c2c(F)c(O)cc(OC)c2F)Cc2cnc3[nH]c(C(=O)O)cc3c21.CCN1C(=O)N(c2c(F)c(O)cc(OC)c2F)Cc2cnc3[nH]c(CN4CCOCC4)cc3c21. The lowest BCUT2D eigenvalue weighted by Crippen LogP contribution is -2.48. The number of anilines is 4. The molecule has 66 heavy (non-hydrogen) atoms. The number of aromatic hydroxyl groups is 2. The molecule has 4 amide bonds. The van der Waals surface area contributed by atoms with Gasteiger partial charge in [0.1, 0.15) is 35.2 Å². The van der Waals surface area contributed by atoms with Gasteiger partial charge in [-0.15, -0.1) is 0 Å². The molecule has 0 bridgehead atoms. The molecule has 0 aliphatic carbocycles. The molecule has 0 radical (unpaired) electrons. The van der Waals surface area contributed by atoms with Gasteiger partial charge in [-0.2, -0.15) is 0 Å². The minimum Gasteiger partial charge on any atom is -0.505 e. The number of carbonyl (C=O) groups excluding carboxylic acids is 3. The molecule has 0 unspecified atom stereocenters. The van der Waals surface area contributed by atoms with Crippen molar-refractivity contribution in [2.45, 2.75) is 33.5 Å². The Hall–Kier alpha value is -7.66. The van der Waals surface area contributed by atoms with Crippen molar-refractivity contribution in [1.29, 1.82) is 0 Å². The molecular weight excluding hydrogens is 879 g/mol. The van der Waals surface area contributed by atoms with Gasteiger partial charge in [0.05, 0.1) is 51.9 Å². The number of methoxy groups -OCH3 is 2. The lowest BCUT2D eigenvalue weighted by Gasteiger charge is -2.37. The number of carboxylic acids is 1. The third-order valence-electron chi connectivity index (χ3n) is 11.2. The maximum absolute atomic E-state index is 15.0. The molecule has 348 valence electrons. The number of phenols is 2. The number of hydrogen-bond donors (Lipinski definition) is 5. The summed E-state index contributed by atoms with van der Waals surface area (Å²) >= 11 is 0. The van der Waals surface area contributed by atoms with Gasteiger partial charge in [0.25, 0.3) is 0 Å². The van der Waals surface area contributed by atoms with E-state index in [0.717, 1.165) is 53.2 Å². The number of nitrogens with zero attached hydrogens (tertiary/aromatic N) is 7. The Bertz CT molecular complexity index is 2870. The zero-order valence-corrected chi connectivity index (χ0v) is 35.9. The van der Waals surface area contributed by atoms with Crippen LogP contribution in [0.15, 0.2) is 36.7 Å². The van der Waals surface area contributed by atoms with Gasteiger partial charge in [0.15, 0.2) is 46.3 Å². The van der Waals surface area contributed by atoms with Crippen molar-refractivity contribution in [3.8, 4) is 23.0 Å². The van der Waals surface area contributed by atoms with Crippen molar-refractivity contribution < 1.29 is 66.3 Å². The van der Waals surface area contributed by atoms with Gasteiger partial charge in [-0.1, -0.05) is 0 Å². The topological polar surface area (TPSA) is 230 Å². The summed E-state index contributed by atoms with van der Waals surface area (Å²) in [6.45, 7) is 9.23. The molecule has 1 fully saturated rings. The molecule has 0 saturated carbocycles. The summed E-state index contributed by atoms with van der Waals surface area (Å²) in [6.07, 6.45) is 3.00. The number of carboxylic acid groups (broad SMARTS) is 1. The highest BCUT2D eigenvalue weighted by Crippen LogP contribution is 2.44. The van der Waals surface area contributed by atoms with E-state index in [9.17, 15) is 42.9 Å². The Morgan fingerprint density at radius 3 is 1.62 bits per heavy atom. The molecule has 5 N–H and O–H groups in total. The van der Waals surface area contributed by atoms with E-state index in [2.05, 4.69) is 24.8 Å². The van der Waals surface area contributed by atoms with Crippen molar-refractivity contribution in [1.82, 2.24) is 24.8 Å². The molecule has 1 saturated heterocycles. The van der Waals surface area contributed by atoms with Crippen LogP contribution in [0.25, 0.3) is 22.1 Å². The second-order valence-corrected chi connectivity index (χ2v) is 14.8. The first-order valence-corrected chi connectivity index (χ1v) is 20.2. The fourth-order valence-electron chi connectivity index (χ4n) is 8.17. The lowest BCUT2D eigenvalue weighted by atomic mass is 10.1. The first kappa shape index (κ1) is 46.3. The molecule has 0 atom stereocenters. The monoisotopic (exact) mass is 921 g/mol. The summed E-state index contributed by atoms with van der Waals surface area (Å²) in [5.41, 5.74) is 2.49. The number of aromatic nitrogens is 4. The van der Waals surface area contributed by atoms with Crippen LogP contribution in [0, 0.1) is 23.3 Å². The van der Waals surface area contributed by atoms with E-state index in [0.29, 0.717) is 53.3 Å². The van der Waals surface area contributed by atoms with Gasteiger partial charge in [0, 0.05) is 84.8 Å². The number of urea groups is 2. The van der Waals surface area contributed by atoms with Crippen LogP contribution in [0.2, 0.25) is 0 Å². The van der Waals surface area contributed by atoms with Crippen molar-refractivity contribution in [2.75, 3.05) is 73.2 Å². The van der Waals surface area contributed by atoms with Crippen LogP contribution in [0.3, 0.4) is 0 Å². The van der Waals surface area contributed by atoms with Crippen molar-refractivity contribution >= 4 is 69.6 Å². The van der Waals surface area contributed by atoms with Gasteiger partial charge in [-0.05, 0) is 26.0 Å². The van der Waals surface area contributed by atoms with Gasteiger partial charge >= 0.3 is 18.0 Å². The highest BCUT2D eigenvalue weighted by atomic mass is 19.1. The molecule has 0 spiro atoms. The van der Waals surface area contributed by atoms with Crippen molar-refractivity contribution in [3.63, 3.8) is 0 Å². The van der Waals surface area contributed by atoms with E-state index in [1.54, 1.807) is 20.0 Å². The number of rotatable bonds is 9.